The highest BCUT2D eigenvalue weighted by Crippen LogP contribution is 2.32. The third-order valence-corrected chi connectivity index (χ3v) is 7.32. The van der Waals surface area contributed by atoms with Gasteiger partial charge in [-0.15, -0.1) is 0 Å². The Bertz CT molecular complexity index is 1300. The van der Waals surface area contributed by atoms with E-state index in [1.54, 1.807) is 29.8 Å². The van der Waals surface area contributed by atoms with E-state index < -0.39 is 34.6 Å². The first-order valence-corrected chi connectivity index (χ1v) is 11.5. The molecule has 1 atom stereocenters. The molecule has 3 amide bonds. The first-order chi connectivity index (χ1) is 14.9. The van der Waals surface area contributed by atoms with E-state index in [9.17, 15) is 23.1 Å². The summed E-state index contributed by atoms with van der Waals surface area (Å²) in [5.74, 6) is -0.445. The summed E-state index contributed by atoms with van der Waals surface area (Å²) in [6.07, 6.45) is -1.10. The van der Waals surface area contributed by atoms with Crippen molar-refractivity contribution in [3.63, 3.8) is 0 Å². The van der Waals surface area contributed by atoms with Gasteiger partial charge in [0.2, 0.25) is 0 Å². The number of fused-ring (bicyclic) bond motifs is 1. The molecule has 4 N–H and O–H groups in total. The maximum absolute atomic E-state index is 12.8. The molecule has 3 rings (SSSR count). The summed E-state index contributed by atoms with van der Waals surface area (Å²) in [5.41, 5.74) is 6.51. The van der Waals surface area contributed by atoms with Gasteiger partial charge in [-0.3, -0.25) is 4.79 Å². The van der Waals surface area contributed by atoms with Gasteiger partial charge < -0.3 is 20.7 Å². The van der Waals surface area contributed by atoms with Crippen molar-refractivity contribution in [3.05, 3.63) is 58.2 Å². The van der Waals surface area contributed by atoms with Crippen LogP contribution in [-0.4, -0.2) is 47.0 Å². The van der Waals surface area contributed by atoms with Crippen LogP contribution in [0, 0.1) is 0 Å². The van der Waals surface area contributed by atoms with Crippen LogP contribution in [0.3, 0.4) is 0 Å². The number of hydrogen-bond acceptors (Lipinski definition) is 5. The van der Waals surface area contributed by atoms with E-state index in [1.807, 2.05) is 0 Å². The van der Waals surface area contributed by atoms with Gasteiger partial charge in [0, 0.05) is 23.6 Å². The molecule has 0 saturated heterocycles. The fraction of sp³-hybridized carbons (Fsp3) is 0.200. The number of sulfonamides is 1. The number of benzene rings is 2. The lowest BCUT2D eigenvalue weighted by atomic mass is 10.2. The molecule has 3 aromatic rings. The highest BCUT2D eigenvalue weighted by Gasteiger charge is 2.28. The lowest BCUT2D eigenvalue weighted by Gasteiger charge is -2.21. The number of rotatable bonds is 6. The number of carbonyl (C=O) groups is 2. The van der Waals surface area contributed by atoms with Crippen molar-refractivity contribution in [3.8, 4) is 0 Å². The van der Waals surface area contributed by atoms with Crippen LogP contribution in [0.4, 0.5) is 10.5 Å². The van der Waals surface area contributed by atoms with Crippen molar-refractivity contribution >= 4 is 61.8 Å². The molecule has 0 radical (unpaired) electrons. The van der Waals surface area contributed by atoms with Crippen LogP contribution in [0.1, 0.15) is 17.4 Å². The van der Waals surface area contributed by atoms with Crippen molar-refractivity contribution in [1.82, 2.24) is 8.87 Å². The molecule has 32 heavy (non-hydrogen) atoms. The van der Waals surface area contributed by atoms with Crippen LogP contribution in [0.5, 0.6) is 0 Å². The monoisotopic (exact) mass is 498 g/mol. The zero-order valence-corrected chi connectivity index (χ0v) is 19.4. The number of carbonyl (C=O) groups excluding carboxylic acids is 2. The first-order valence-electron chi connectivity index (χ1n) is 9.28. The minimum absolute atomic E-state index is 0.221. The molecule has 0 aliphatic heterocycles. The molecule has 1 unspecified atom stereocenters. The van der Waals surface area contributed by atoms with Gasteiger partial charge in [-0.1, -0.05) is 23.2 Å². The summed E-state index contributed by atoms with van der Waals surface area (Å²) in [6.45, 7) is 0.849. The van der Waals surface area contributed by atoms with Gasteiger partial charge in [0.05, 0.1) is 27.6 Å². The molecule has 2 aromatic carbocycles. The van der Waals surface area contributed by atoms with Crippen LogP contribution in [0.25, 0.3) is 10.9 Å². The largest absolute Gasteiger partial charge is 0.392 e. The number of aliphatic hydroxyl groups excluding tert-OH is 1. The van der Waals surface area contributed by atoms with Gasteiger partial charge in [-0.2, -0.15) is 0 Å². The Morgan fingerprint density at radius 2 is 1.81 bits per heavy atom. The number of hydrogen-bond donors (Lipinski definition) is 3. The zero-order chi connectivity index (χ0) is 23.8. The minimum Gasteiger partial charge on any atom is -0.392 e. The molecule has 1 aromatic heterocycles. The van der Waals surface area contributed by atoms with Crippen molar-refractivity contribution in [2.75, 3.05) is 11.9 Å². The average Bonchev–Trinajstić information content (AvgIpc) is 3.06. The van der Waals surface area contributed by atoms with Crippen LogP contribution >= 0.6 is 23.2 Å². The summed E-state index contributed by atoms with van der Waals surface area (Å²) in [5, 5.41) is 13.5. The average molecular weight is 499 g/mol. The van der Waals surface area contributed by atoms with E-state index in [4.69, 9.17) is 28.9 Å². The summed E-state index contributed by atoms with van der Waals surface area (Å²) in [7, 11) is -2.56. The second-order valence-electron chi connectivity index (χ2n) is 7.08. The maximum Gasteiger partial charge on any atom is 0.328 e. The molecule has 0 bridgehead atoms. The molecule has 0 spiro atoms. The number of nitrogens with one attached hydrogen (secondary N) is 1. The number of urea groups is 1. The van der Waals surface area contributed by atoms with E-state index in [2.05, 4.69) is 5.32 Å². The number of nitrogens with zero attached hydrogens (tertiary/aromatic N) is 2. The Kier molecular flexibility index (Phi) is 6.70. The predicted octanol–water partition coefficient (Wildman–Crippen LogP) is 3.19. The van der Waals surface area contributed by atoms with Gasteiger partial charge in [-0.05, 0) is 49.4 Å². The molecule has 12 heteroatoms. The SMILES string of the molecule is CC(O)CN(C(N)=O)S(=O)(=O)c1ccc(NC(=O)c2cc3c(Cl)c(Cl)ccc3n2C)cc1. The Hall–Kier alpha value is -2.79. The summed E-state index contributed by atoms with van der Waals surface area (Å²) in [6, 6.07) is 8.98. The quantitative estimate of drug-likeness (QED) is 0.479. The zero-order valence-electron chi connectivity index (χ0n) is 17.0. The third-order valence-electron chi connectivity index (χ3n) is 4.72. The summed E-state index contributed by atoms with van der Waals surface area (Å²) < 4.78 is 27.4. The highest BCUT2D eigenvalue weighted by atomic mass is 35.5. The van der Waals surface area contributed by atoms with Crippen molar-refractivity contribution in [1.29, 1.82) is 0 Å². The molecule has 0 fully saturated rings. The molecular formula is C20H20Cl2N4O5S. The number of aromatic nitrogens is 1. The Morgan fingerprint density at radius 3 is 2.38 bits per heavy atom. The van der Waals surface area contributed by atoms with Crippen LogP contribution < -0.4 is 11.1 Å². The predicted molar refractivity (Wildman–Crippen MR) is 122 cm³/mol. The highest BCUT2D eigenvalue weighted by molar-refractivity contribution is 7.89. The molecule has 0 aliphatic rings. The van der Waals surface area contributed by atoms with E-state index in [0.29, 0.717) is 31.1 Å². The van der Waals surface area contributed by atoms with Gasteiger partial charge >= 0.3 is 6.03 Å². The smallest absolute Gasteiger partial charge is 0.328 e. The first kappa shape index (κ1) is 23.9. The van der Waals surface area contributed by atoms with Crippen molar-refractivity contribution in [2.45, 2.75) is 17.9 Å². The fourth-order valence-corrected chi connectivity index (χ4v) is 4.91. The standard InChI is InChI=1S/C20H20Cl2N4O5S/c1-11(27)10-26(20(23)29)32(30,31)13-5-3-12(4-6-13)24-19(28)17-9-14-16(25(17)2)8-7-15(21)18(14)22/h3-9,11,27H,10H2,1-2H3,(H2,23,29)(H,24,28). The van der Waals surface area contributed by atoms with E-state index in [-0.39, 0.29) is 4.90 Å². The molecular weight excluding hydrogens is 479 g/mol. The second-order valence-corrected chi connectivity index (χ2v) is 9.73. The topological polar surface area (TPSA) is 135 Å². The van der Waals surface area contributed by atoms with Gasteiger partial charge in [0.25, 0.3) is 15.9 Å². The number of halogens is 2. The van der Waals surface area contributed by atoms with Crippen molar-refractivity contribution in [2.24, 2.45) is 12.8 Å². The van der Waals surface area contributed by atoms with E-state index in [1.165, 1.54) is 31.2 Å². The van der Waals surface area contributed by atoms with E-state index in [0.717, 1.165) is 5.52 Å². The molecule has 9 nitrogen and oxygen atoms in total. The second kappa shape index (κ2) is 8.99. The van der Waals surface area contributed by atoms with Gasteiger partial charge in [-0.25, -0.2) is 17.5 Å². The summed E-state index contributed by atoms with van der Waals surface area (Å²) >= 11 is 12.3. The molecule has 0 saturated carbocycles. The summed E-state index contributed by atoms with van der Waals surface area (Å²) in [4.78, 5) is 24.1. The number of primary amides is 1. The Morgan fingerprint density at radius 1 is 1.19 bits per heavy atom. The Labute approximate surface area is 194 Å². The van der Waals surface area contributed by atoms with Crippen molar-refractivity contribution < 1.29 is 23.1 Å². The fourth-order valence-electron chi connectivity index (χ4n) is 3.15. The lowest BCUT2D eigenvalue weighted by Crippen LogP contribution is -2.44. The molecule has 170 valence electrons. The van der Waals surface area contributed by atoms with Crippen LogP contribution in [0.2, 0.25) is 10.0 Å². The number of aryl methyl sites for hydroxylation is 1. The molecule has 1 heterocycles. The van der Waals surface area contributed by atoms with Gasteiger partial charge in [0.1, 0.15) is 5.69 Å². The van der Waals surface area contributed by atoms with Crippen LogP contribution in [-0.2, 0) is 17.1 Å². The normalized spacial score (nSPS) is 12.5. The lowest BCUT2D eigenvalue weighted by molar-refractivity contribution is 0.101. The maximum atomic E-state index is 12.8. The number of aliphatic hydroxyl groups is 1. The number of amides is 3. The van der Waals surface area contributed by atoms with Gasteiger partial charge in [0.15, 0.2) is 0 Å². The number of anilines is 1. The third kappa shape index (κ3) is 4.53. The molecule has 0 aliphatic carbocycles. The minimum atomic E-state index is -4.27. The van der Waals surface area contributed by atoms with E-state index >= 15 is 0 Å². The Balaban J connectivity index is 1.85. The number of nitrogens with two attached hydrogens (primary N) is 1. The van der Waals surface area contributed by atoms with Crippen LogP contribution in [0.15, 0.2) is 47.4 Å².